The molecule has 1 aliphatic rings. The minimum absolute atomic E-state index is 0.0590. The predicted molar refractivity (Wildman–Crippen MR) is 55.9 cm³/mol. The fraction of sp³-hybridized carbons (Fsp3) is 0.667. The maximum Gasteiger partial charge on any atom is 0.451 e. The van der Waals surface area contributed by atoms with Crippen molar-refractivity contribution in [3.05, 3.63) is 11.6 Å². The van der Waals surface area contributed by atoms with Crippen LogP contribution in [0.25, 0.3) is 0 Å². The number of nitrogens with zero attached hydrogens (tertiary/aromatic N) is 4. The highest BCUT2D eigenvalue weighted by molar-refractivity contribution is 5.73. The first-order chi connectivity index (χ1) is 8.79. The largest absolute Gasteiger partial charge is 0.480 e. The van der Waals surface area contributed by atoms with Crippen molar-refractivity contribution in [2.45, 2.75) is 25.3 Å². The molecule has 0 bridgehead atoms. The molecule has 7 nitrogen and oxygen atoms in total. The summed E-state index contributed by atoms with van der Waals surface area (Å²) in [5.41, 5.74) is 5.38. The lowest BCUT2D eigenvalue weighted by molar-refractivity contribution is -0.148. The number of hydrogen-bond acceptors (Lipinski definition) is 5. The molecule has 3 N–H and O–H groups in total. The molecule has 1 atom stereocenters. The Kier molecular flexibility index (Phi) is 3.45. The van der Waals surface area contributed by atoms with E-state index in [-0.39, 0.29) is 32.0 Å². The summed E-state index contributed by atoms with van der Waals surface area (Å²) in [6.45, 7) is 0.492. The number of carboxylic acid groups (broad SMARTS) is 1. The standard InChI is InChI=1S/C9H12F3N5O2/c10-9(11,12)8-15-14-6-4-16(1-2-17(6)8)3-5(13)7(18)19/h5H,1-4,13H2,(H,18,19). The van der Waals surface area contributed by atoms with E-state index in [0.29, 0.717) is 0 Å². The third kappa shape index (κ3) is 2.84. The molecule has 0 fully saturated rings. The quantitative estimate of drug-likeness (QED) is 0.776. The number of alkyl halides is 3. The fourth-order valence-corrected chi connectivity index (χ4v) is 1.93. The van der Waals surface area contributed by atoms with Crippen molar-refractivity contribution in [3.8, 4) is 0 Å². The first-order valence-electron chi connectivity index (χ1n) is 5.49. The van der Waals surface area contributed by atoms with E-state index in [1.807, 2.05) is 0 Å². The molecule has 0 saturated carbocycles. The summed E-state index contributed by atoms with van der Waals surface area (Å²) in [6.07, 6.45) is -4.54. The molecule has 1 aliphatic heterocycles. The van der Waals surface area contributed by atoms with Gasteiger partial charge in [-0.05, 0) is 0 Å². The van der Waals surface area contributed by atoms with Gasteiger partial charge in [-0.25, -0.2) is 0 Å². The summed E-state index contributed by atoms with van der Waals surface area (Å²) in [5, 5.41) is 15.3. The Morgan fingerprint density at radius 3 is 2.68 bits per heavy atom. The van der Waals surface area contributed by atoms with Gasteiger partial charge in [-0.3, -0.25) is 9.69 Å². The molecule has 0 aliphatic carbocycles. The van der Waals surface area contributed by atoms with Gasteiger partial charge in [-0.2, -0.15) is 13.2 Å². The van der Waals surface area contributed by atoms with Crippen LogP contribution >= 0.6 is 0 Å². The van der Waals surface area contributed by atoms with Crippen molar-refractivity contribution < 1.29 is 23.1 Å². The molecule has 10 heteroatoms. The van der Waals surface area contributed by atoms with Crippen molar-refractivity contribution in [2.24, 2.45) is 5.73 Å². The summed E-state index contributed by atoms with van der Waals surface area (Å²) in [7, 11) is 0. The predicted octanol–water partition coefficient (Wildman–Crippen LogP) is -0.476. The molecule has 1 aromatic heterocycles. The fourth-order valence-electron chi connectivity index (χ4n) is 1.93. The Balaban J connectivity index is 2.10. The van der Waals surface area contributed by atoms with Gasteiger partial charge < -0.3 is 15.4 Å². The van der Waals surface area contributed by atoms with Crippen molar-refractivity contribution >= 4 is 5.97 Å². The van der Waals surface area contributed by atoms with Gasteiger partial charge in [0, 0.05) is 19.6 Å². The Bertz CT molecular complexity index is 487. The zero-order valence-corrected chi connectivity index (χ0v) is 9.76. The number of hydrogen-bond donors (Lipinski definition) is 2. The molecule has 0 saturated heterocycles. The maximum absolute atomic E-state index is 12.6. The number of nitrogens with two attached hydrogens (primary N) is 1. The van der Waals surface area contributed by atoms with Gasteiger partial charge in [0.2, 0.25) is 5.82 Å². The van der Waals surface area contributed by atoms with Crippen LogP contribution in [-0.2, 0) is 24.1 Å². The zero-order chi connectivity index (χ0) is 14.2. The monoisotopic (exact) mass is 279 g/mol. The topological polar surface area (TPSA) is 97.3 Å². The van der Waals surface area contributed by atoms with Gasteiger partial charge in [-0.15, -0.1) is 10.2 Å². The van der Waals surface area contributed by atoms with Gasteiger partial charge in [0.05, 0.1) is 6.54 Å². The van der Waals surface area contributed by atoms with E-state index in [9.17, 15) is 18.0 Å². The SMILES string of the molecule is NC(CN1CCn2c(nnc2C(F)(F)F)C1)C(=O)O. The first kappa shape index (κ1) is 13.7. The van der Waals surface area contributed by atoms with Gasteiger partial charge in [0.25, 0.3) is 0 Å². The number of rotatable bonds is 3. The molecule has 19 heavy (non-hydrogen) atoms. The van der Waals surface area contributed by atoms with E-state index in [1.165, 1.54) is 0 Å². The van der Waals surface area contributed by atoms with Crippen LogP contribution in [0.5, 0.6) is 0 Å². The first-order valence-corrected chi connectivity index (χ1v) is 5.49. The second-order valence-corrected chi connectivity index (χ2v) is 4.27. The van der Waals surface area contributed by atoms with Crippen LogP contribution in [0.2, 0.25) is 0 Å². The van der Waals surface area contributed by atoms with E-state index < -0.39 is 24.0 Å². The summed E-state index contributed by atoms with van der Waals surface area (Å²) in [6, 6.07) is -1.07. The van der Waals surface area contributed by atoms with Crippen LogP contribution in [0.15, 0.2) is 0 Å². The van der Waals surface area contributed by atoms with Gasteiger partial charge in [-0.1, -0.05) is 0 Å². The Hall–Kier alpha value is -1.68. The van der Waals surface area contributed by atoms with Crippen LogP contribution < -0.4 is 5.73 Å². The summed E-state index contributed by atoms with van der Waals surface area (Å²) in [5.74, 6) is -2.01. The molecule has 1 unspecified atom stereocenters. The number of aliphatic carboxylic acids is 1. The van der Waals surface area contributed by atoms with Crippen molar-refractivity contribution in [2.75, 3.05) is 13.1 Å². The minimum atomic E-state index is -4.54. The normalized spacial score (nSPS) is 18.1. The van der Waals surface area contributed by atoms with Gasteiger partial charge in [0.15, 0.2) is 0 Å². The minimum Gasteiger partial charge on any atom is -0.480 e. The highest BCUT2D eigenvalue weighted by Gasteiger charge is 2.39. The van der Waals surface area contributed by atoms with Crippen molar-refractivity contribution in [3.63, 3.8) is 0 Å². The molecule has 1 aromatic rings. The van der Waals surface area contributed by atoms with Crippen LogP contribution in [-0.4, -0.2) is 49.9 Å². The Morgan fingerprint density at radius 1 is 1.42 bits per heavy atom. The lowest BCUT2D eigenvalue weighted by Crippen LogP contribution is -2.45. The lowest BCUT2D eigenvalue weighted by Gasteiger charge is -2.28. The average Bonchev–Trinajstić information content (AvgIpc) is 2.71. The van der Waals surface area contributed by atoms with Crippen molar-refractivity contribution in [1.82, 2.24) is 19.7 Å². The van der Waals surface area contributed by atoms with Crippen molar-refractivity contribution in [1.29, 1.82) is 0 Å². The van der Waals surface area contributed by atoms with Crippen LogP contribution in [0, 0.1) is 0 Å². The molecule has 0 amide bonds. The number of fused-ring (bicyclic) bond motifs is 1. The molecule has 0 radical (unpaired) electrons. The summed E-state index contributed by atoms with van der Waals surface area (Å²) < 4.78 is 38.8. The number of carboxylic acids is 1. The van der Waals surface area contributed by atoms with Gasteiger partial charge in [0.1, 0.15) is 11.9 Å². The molecular weight excluding hydrogens is 267 g/mol. The Morgan fingerprint density at radius 2 is 2.11 bits per heavy atom. The maximum atomic E-state index is 12.6. The van der Waals surface area contributed by atoms with E-state index >= 15 is 0 Å². The van der Waals surface area contributed by atoms with Crippen LogP contribution in [0.4, 0.5) is 13.2 Å². The number of halogens is 3. The Labute approximate surface area is 105 Å². The van der Waals surface area contributed by atoms with E-state index in [0.717, 1.165) is 4.57 Å². The van der Waals surface area contributed by atoms with Crippen LogP contribution in [0.1, 0.15) is 11.6 Å². The number of carbonyl (C=O) groups is 1. The average molecular weight is 279 g/mol. The van der Waals surface area contributed by atoms with Gasteiger partial charge >= 0.3 is 12.1 Å². The third-order valence-electron chi connectivity index (χ3n) is 2.86. The van der Waals surface area contributed by atoms with Crippen LogP contribution in [0.3, 0.4) is 0 Å². The van der Waals surface area contributed by atoms with E-state index in [2.05, 4.69) is 10.2 Å². The second-order valence-electron chi connectivity index (χ2n) is 4.27. The molecule has 0 spiro atoms. The zero-order valence-electron chi connectivity index (χ0n) is 9.76. The summed E-state index contributed by atoms with van der Waals surface area (Å²) in [4.78, 5) is 12.3. The van der Waals surface area contributed by atoms with E-state index in [4.69, 9.17) is 10.8 Å². The molecular formula is C9H12F3N5O2. The smallest absolute Gasteiger partial charge is 0.451 e. The molecule has 0 aromatic carbocycles. The second kappa shape index (κ2) is 4.78. The number of aromatic nitrogens is 3. The highest BCUT2D eigenvalue weighted by atomic mass is 19.4. The lowest BCUT2D eigenvalue weighted by atomic mass is 10.2. The molecule has 2 rings (SSSR count). The summed E-state index contributed by atoms with van der Waals surface area (Å²) >= 11 is 0. The van der Waals surface area contributed by atoms with E-state index in [1.54, 1.807) is 4.90 Å². The molecule has 2 heterocycles. The third-order valence-corrected chi connectivity index (χ3v) is 2.86. The highest BCUT2D eigenvalue weighted by Crippen LogP contribution is 2.29. The molecule has 106 valence electrons.